The van der Waals surface area contributed by atoms with Crippen molar-refractivity contribution in [1.29, 1.82) is 0 Å². The van der Waals surface area contributed by atoms with E-state index < -0.39 is 17.3 Å². The molecule has 0 atom stereocenters. The fourth-order valence-corrected chi connectivity index (χ4v) is 1.93. The van der Waals surface area contributed by atoms with E-state index in [0.29, 0.717) is 12.1 Å². The second-order valence-corrected chi connectivity index (χ2v) is 6.14. The highest BCUT2D eigenvalue weighted by Crippen LogP contribution is 2.21. The number of aromatic nitrogens is 1. The first kappa shape index (κ1) is 16.7. The number of rotatable bonds is 6. The summed E-state index contributed by atoms with van der Waals surface area (Å²) in [6.45, 7) is 5.47. The van der Waals surface area contributed by atoms with Crippen molar-refractivity contribution in [2.24, 2.45) is 5.41 Å². The molecule has 122 valence electrons. The molecule has 1 amide bonds. The number of hydrogen-bond donors (Lipinski definition) is 2. The summed E-state index contributed by atoms with van der Waals surface area (Å²) in [6.07, 6.45) is 0.326. The van der Waals surface area contributed by atoms with Crippen LogP contribution in [0.1, 0.15) is 36.4 Å². The van der Waals surface area contributed by atoms with Gasteiger partial charge in [0.1, 0.15) is 5.69 Å². The summed E-state index contributed by atoms with van der Waals surface area (Å²) < 4.78 is 5.06. The maximum absolute atomic E-state index is 12.0. The van der Waals surface area contributed by atoms with Crippen molar-refractivity contribution in [2.45, 2.75) is 27.2 Å². The Morgan fingerprint density at radius 1 is 1.26 bits per heavy atom. The molecule has 0 saturated carbocycles. The summed E-state index contributed by atoms with van der Waals surface area (Å²) >= 11 is 0. The molecule has 0 aliphatic heterocycles. The van der Waals surface area contributed by atoms with Crippen molar-refractivity contribution >= 4 is 11.9 Å². The molecule has 23 heavy (non-hydrogen) atoms. The lowest BCUT2D eigenvalue weighted by Crippen LogP contribution is -2.31. The Balaban J connectivity index is 1.96. The van der Waals surface area contributed by atoms with E-state index in [9.17, 15) is 9.59 Å². The van der Waals surface area contributed by atoms with Gasteiger partial charge in [0.25, 0.3) is 5.91 Å². The average Bonchev–Trinajstić information content (AvgIpc) is 2.97. The molecule has 0 fully saturated rings. The van der Waals surface area contributed by atoms with Crippen molar-refractivity contribution in [3.05, 3.63) is 41.7 Å². The monoisotopic (exact) mass is 316 g/mol. The Morgan fingerprint density at radius 2 is 1.91 bits per heavy atom. The Labute approximate surface area is 134 Å². The maximum Gasteiger partial charge on any atom is 0.309 e. The lowest BCUT2D eigenvalue weighted by Gasteiger charge is -2.18. The van der Waals surface area contributed by atoms with Crippen molar-refractivity contribution < 1.29 is 19.2 Å². The first-order chi connectivity index (χ1) is 10.8. The molecular weight excluding hydrogens is 296 g/mol. The molecule has 0 radical (unpaired) electrons. The summed E-state index contributed by atoms with van der Waals surface area (Å²) in [6, 6.07) is 9.30. The Morgan fingerprint density at radius 3 is 2.52 bits per heavy atom. The van der Waals surface area contributed by atoms with E-state index in [1.165, 1.54) is 0 Å². The summed E-state index contributed by atoms with van der Waals surface area (Å²) in [5, 5.41) is 15.6. The summed E-state index contributed by atoms with van der Waals surface area (Å²) in [5.74, 6) is -1.20. The molecule has 0 saturated heterocycles. The molecule has 2 aromatic rings. The molecule has 0 aliphatic carbocycles. The number of benzene rings is 1. The van der Waals surface area contributed by atoms with Crippen molar-refractivity contribution in [1.82, 2.24) is 10.5 Å². The molecule has 6 nitrogen and oxygen atoms in total. The molecule has 6 heteroatoms. The van der Waals surface area contributed by atoms with E-state index in [1.807, 2.05) is 31.2 Å². The third kappa shape index (κ3) is 4.18. The zero-order chi connectivity index (χ0) is 17.0. The average molecular weight is 316 g/mol. The van der Waals surface area contributed by atoms with Gasteiger partial charge in [0.05, 0.1) is 5.41 Å². The quantitative estimate of drug-likeness (QED) is 0.855. The van der Waals surface area contributed by atoms with Crippen LogP contribution in [-0.2, 0) is 4.79 Å². The highest BCUT2D eigenvalue weighted by molar-refractivity contribution is 5.92. The van der Waals surface area contributed by atoms with Crippen molar-refractivity contribution in [3.63, 3.8) is 0 Å². The van der Waals surface area contributed by atoms with E-state index in [0.717, 1.165) is 11.1 Å². The molecular formula is C17H20N2O4. The van der Waals surface area contributed by atoms with Crippen LogP contribution in [0, 0.1) is 12.3 Å². The Bertz CT molecular complexity index is 702. The Kier molecular flexibility index (Phi) is 4.83. The number of nitrogens with one attached hydrogen (secondary N) is 1. The van der Waals surface area contributed by atoms with Crippen LogP contribution in [0.15, 0.2) is 34.9 Å². The van der Waals surface area contributed by atoms with Gasteiger partial charge in [-0.05, 0) is 27.2 Å². The van der Waals surface area contributed by atoms with Crippen molar-refractivity contribution in [2.75, 3.05) is 6.54 Å². The normalized spacial score (nSPS) is 11.3. The molecule has 2 N–H and O–H groups in total. The number of carboxylic acid groups (broad SMARTS) is 1. The van der Waals surface area contributed by atoms with Crippen LogP contribution < -0.4 is 5.32 Å². The van der Waals surface area contributed by atoms with Gasteiger partial charge in [-0.2, -0.15) is 0 Å². The van der Waals surface area contributed by atoms with E-state index in [2.05, 4.69) is 10.5 Å². The van der Waals surface area contributed by atoms with Crippen LogP contribution in [0.25, 0.3) is 11.3 Å². The first-order valence-electron chi connectivity index (χ1n) is 7.35. The van der Waals surface area contributed by atoms with E-state index in [-0.39, 0.29) is 12.3 Å². The molecule has 0 bridgehead atoms. The molecule has 0 unspecified atom stereocenters. The fourth-order valence-electron chi connectivity index (χ4n) is 1.93. The van der Waals surface area contributed by atoms with Gasteiger partial charge in [-0.3, -0.25) is 9.59 Å². The standard InChI is InChI=1S/C17H20N2O4/c1-11-4-6-12(7-5-11)13-10-14(23-19-13)15(20)18-9-8-17(2,3)16(21)22/h4-7,10H,8-9H2,1-3H3,(H,18,20)(H,21,22). The van der Waals surface area contributed by atoms with Gasteiger partial charge in [-0.15, -0.1) is 0 Å². The summed E-state index contributed by atoms with van der Waals surface area (Å²) in [4.78, 5) is 23.0. The number of carboxylic acids is 1. The topological polar surface area (TPSA) is 92.4 Å². The SMILES string of the molecule is Cc1ccc(-c2cc(C(=O)NCCC(C)(C)C(=O)O)on2)cc1. The number of carbonyl (C=O) groups excluding carboxylic acids is 1. The van der Waals surface area contributed by atoms with E-state index >= 15 is 0 Å². The third-order valence-electron chi connectivity index (χ3n) is 3.70. The van der Waals surface area contributed by atoms with Crippen LogP contribution in [0.3, 0.4) is 0 Å². The number of aliphatic carboxylic acids is 1. The predicted octanol–water partition coefficient (Wildman–Crippen LogP) is 2.88. The maximum atomic E-state index is 12.0. The van der Waals surface area contributed by atoms with Gasteiger partial charge in [0.2, 0.25) is 5.76 Å². The minimum Gasteiger partial charge on any atom is -0.481 e. The predicted molar refractivity (Wildman–Crippen MR) is 85.0 cm³/mol. The van der Waals surface area contributed by atoms with Gasteiger partial charge >= 0.3 is 5.97 Å². The minimum absolute atomic E-state index is 0.105. The lowest BCUT2D eigenvalue weighted by atomic mass is 9.90. The molecule has 2 rings (SSSR count). The summed E-state index contributed by atoms with van der Waals surface area (Å²) in [7, 11) is 0. The van der Waals surface area contributed by atoms with Gasteiger partial charge in [-0.25, -0.2) is 0 Å². The highest BCUT2D eigenvalue weighted by Gasteiger charge is 2.26. The highest BCUT2D eigenvalue weighted by atomic mass is 16.5. The van der Waals surface area contributed by atoms with Crippen LogP contribution in [-0.4, -0.2) is 28.7 Å². The molecule has 1 aromatic heterocycles. The number of aryl methyl sites for hydroxylation is 1. The van der Waals surface area contributed by atoms with Gasteiger partial charge < -0.3 is 14.9 Å². The van der Waals surface area contributed by atoms with Crippen molar-refractivity contribution in [3.8, 4) is 11.3 Å². The zero-order valence-corrected chi connectivity index (χ0v) is 13.4. The second-order valence-electron chi connectivity index (χ2n) is 6.14. The van der Waals surface area contributed by atoms with E-state index in [4.69, 9.17) is 9.63 Å². The molecule has 0 spiro atoms. The summed E-state index contributed by atoms with van der Waals surface area (Å²) in [5.41, 5.74) is 1.70. The zero-order valence-electron chi connectivity index (χ0n) is 13.4. The smallest absolute Gasteiger partial charge is 0.309 e. The molecule has 1 heterocycles. The first-order valence-corrected chi connectivity index (χ1v) is 7.35. The number of amides is 1. The van der Waals surface area contributed by atoms with Crippen LogP contribution >= 0.6 is 0 Å². The van der Waals surface area contributed by atoms with Gasteiger partial charge in [-0.1, -0.05) is 35.0 Å². The number of nitrogens with zero attached hydrogens (tertiary/aromatic N) is 1. The third-order valence-corrected chi connectivity index (χ3v) is 3.70. The van der Waals surface area contributed by atoms with Gasteiger partial charge in [0, 0.05) is 18.2 Å². The van der Waals surface area contributed by atoms with E-state index in [1.54, 1.807) is 19.9 Å². The van der Waals surface area contributed by atoms with Crippen LogP contribution in [0.5, 0.6) is 0 Å². The fraction of sp³-hybridized carbons (Fsp3) is 0.353. The number of carbonyl (C=O) groups is 2. The van der Waals surface area contributed by atoms with Crippen LogP contribution in [0.4, 0.5) is 0 Å². The van der Waals surface area contributed by atoms with Gasteiger partial charge in [0.15, 0.2) is 0 Å². The molecule has 1 aromatic carbocycles. The number of hydrogen-bond acceptors (Lipinski definition) is 4. The largest absolute Gasteiger partial charge is 0.481 e. The lowest BCUT2D eigenvalue weighted by molar-refractivity contribution is -0.147. The molecule has 0 aliphatic rings. The van der Waals surface area contributed by atoms with Crippen LogP contribution in [0.2, 0.25) is 0 Å². The Hall–Kier alpha value is -2.63. The second kappa shape index (κ2) is 6.64. The minimum atomic E-state index is -0.895.